The van der Waals surface area contributed by atoms with E-state index in [2.05, 4.69) is 0 Å². The normalized spacial score (nSPS) is 12.0. The fourth-order valence-corrected chi connectivity index (χ4v) is 1.81. The lowest BCUT2D eigenvalue weighted by atomic mass is 10.1. The summed E-state index contributed by atoms with van der Waals surface area (Å²) in [4.78, 5) is 23.0. The molecule has 5 nitrogen and oxygen atoms in total. The van der Waals surface area contributed by atoms with Gasteiger partial charge in [-0.3, -0.25) is 4.79 Å². The molecule has 3 N–H and O–H groups in total. The first-order valence-electron chi connectivity index (χ1n) is 7.13. The number of carbonyl (C=O) groups excluding carboxylic acids is 2. The molecule has 0 saturated carbocycles. The summed E-state index contributed by atoms with van der Waals surface area (Å²) >= 11 is 0. The number of nitrogens with two attached hydrogens (primary N) is 1. The molecule has 1 amide bonds. The molecule has 0 aliphatic carbocycles. The van der Waals surface area contributed by atoms with Crippen LogP contribution in [0.15, 0.2) is 30.3 Å². The van der Waals surface area contributed by atoms with E-state index in [-0.39, 0.29) is 25.4 Å². The first-order chi connectivity index (χ1) is 10.8. The van der Waals surface area contributed by atoms with Crippen molar-refractivity contribution in [3.05, 3.63) is 35.9 Å². The number of esters is 1. The van der Waals surface area contributed by atoms with Crippen molar-refractivity contribution in [1.82, 2.24) is 5.32 Å². The predicted molar refractivity (Wildman–Crippen MR) is 84.4 cm³/mol. The summed E-state index contributed by atoms with van der Waals surface area (Å²) in [5.74, 6) is -3.06. The van der Waals surface area contributed by atoms with E-state index >= 15 is 0 Å². The molecule has 0 spiro atoms. The first-order valence-corrected chi connectivity index (χ1v) is 7.13. The number of halogens is 4. The van der Waals surface area contributed by atoms with Crippen molar-refractivity contribution in [2.45, 2.75) is 38.1 Å². The van der Waals surface area contributed by atoms with Crippen molar-refractivity contribution in [2.24, 2.45) is 5.73 Å². The highest BCUT2D eigenvalue weighted by Gasteiger charge is 2.40. The summed E-state index contributed by atoms with van der Waals surface area (Å²) < 4.78 is 42.0. The zero-order valence-electron chi connectivity index (χ0n) is 12.8. The lowest BCUT2D eigenvalue weighted by molar-refractivity contribution is -0.176. The highest BCUT2D eigenvalue weighted by atomic mass is 35.5. The van der Waals surface area contributed by atoms with E-state index in [4.69, 9.17) is 10.5 Å². The molecule has 0 unspecified atom stereocenters. The number of ether oxygens (including phenoxy) is 1. The minimum atomic E-state index is -5.05. The second-order valence-electron chi connectivity index (χ2n) is 4.90. The molecule has 1 rings (SSSR count). The van der Waals surface area contributed by atoms with Gasteiger partial charge in [0.2, 0.25) is 0 Å². The Hall–Kier alpha value is -1.80. The highest BCUT2D eigenvalue weighted by Crippen LogP contribution is 2.16. The molecule has 1 atom stereocenters. The van der Waals surface area contributed by atoms with Crippen LogP contribution in [0.1, 0.15) is 24.8 Å². The van der Waals surface area contributed by atoms with E-state index in [1.165, 1.54) is 0 Å². The summed E-state index contributed by atoms with van der Waals surface area (Å²) in [6.45, 7) is 0.272. The average Bonchev–Trinajstić information content (AvgIpc) is 2.51. The van der Waals surface area contributed by atoms with Crippen molar-refractivity contribution in [1.29, 1.82) is 0 Å². The molecule has 1 aromatic carbocycles. The summed E-state index contributed by atoms with van der Waals surface area (Å²) in [5, 5.41) is 1.67. The fourth-order valence-electron chi connectivity index (χ4n) is 1.81. The van der Waals surface area contributed by atoms with Gasteiger partial charge in [-0.2, -0.15) is 13.2 Å². The lowest BCUT2D eigenvalue weighted by Crippen LogP contribution is -2.47. The molecular weight excluding hydrogens is 349 g/mol. The minimum absolute atomic E-state index is 0. The van der Waals surface area contributed by atoms with Crippen LogP contribution in [0.5, 0.6) is 0 Å². The summed E-state index contributed by atoms with van der Waals surface area (Å²) in [5.41, 5.74) is 6.01. The van der Waals surface area contributed by atoms with Crippen LogP contribution in [0.3, 0.4) is 0 Å². The molecule has 0 bridgehead atoms. The van der Waals surface area contributed by atoms with Crippen LogP contribution in [0.4, 0.5) is 13.2 Å². The van der Waals surface area contributed by atoms with Crippen molar-refractivity contribution in [3.8, 4) is 0 Å². The molecule has 9 heteroatoms. The van der Waals surface area contributed by atoms with Crippen LogP contribution in [-0.2, 0) is 20.9 Å². The van der Waals surface area contributed by atoms with E-state index < -0.39 is 24.1 Å². The monoisotopic (exact) mass is 368 g/mol. The molecule has 136 valence electrons. The lowest BCUT2D eigenvalue weighted by Gasteiger charge is -2.18. The highest BCUT2D eigenvalue weighted by molar-refractivity contribution is 5.87. The zero-order valence-corrected chi connectivity index (χ0v) is 13.7. The van der Waals surface area contributed by atoms with E-state index in [0.717, 1.165) is 0 Å². The molecular formula is C15H20ClF3N2O3. The number of hydrogen-bond acceptors (Lipinski definition) is 4. The number of rotatable bonds is 8. The third-order valence-electron chi connectivity index (χ3n) is 3.02. The molecule has 0 saturated heterocycles. The van der Waals surface area contributed by atoms with Gasteiger partial charge < -0.3 is 15.8 Å². The Morgan fingerprint density at radius 3 is 2.33 bits per heavy atom. The number of alkyl halides is 3. The summed E-state index contributed by atoms with van der Waals surface area (Å²) in [6, 6.07) is 7.35. The van der Waals surface area contributed by atoms with Crippen LogP contribution in [0.2, 0.25) is 0 Å². The third kappa shape index (κ3) is 8.16. The molecule has 0 fully saturated rings. The van der Waals surface area contributed by atoms with E-state index in [1.54, 1.807) is 35.6 Å². The Kier molecular flexibility index (Phi) is 10.1. The largest absolute Gasteiger partial charge is 0.471 e. The maximum Gasteiger partial charge on any atom is 0.471 e. The molecule has 24 heavy (non-hydrogen) atoms. The van der Waals surface area contributed by atoms with Gasteiger partial charge in [0.15, 0.2) is 0 Å². The zero-order chi connectivity index (χ0) is 17.3. The van der Waals surface area contributed by atoms with Crippen molar-refractivity contribution in [3.63, 3.8) is 0 Å². The van der Waals surface area contributed by atoms with Gasteiger partial charge in [-0.1, -0.05) is 30.3 Å². The molecule has 0 heterocycles. The molecule has 0 radical (unpaired) electrons. The second kappa shape index (κ2) is 10.9. The van der Waals surface area contributed by atoms with Gasteiger partial charge >= 0.3 is 18.1 Å². The maximum absolute atomic E-state index is 12.3. The standard InChI is InChI=1S/C15H19F3N2O3.ClH/c16-15(17,18)14(22)20-12(8-4-5-9-19)13(21)23-10-11-6-2-1-3-7-11;/h1-3,6-7,12H,4-5,8-10,19H2,(H,20,22);1H/t12-;/m0./s1. The van der Waals surface area contributed by atoms with Crippen molar-refractivity contribution in [2.75, 3.05) is 6.54 Å². The second-order valence-corrected chi connectivity index (χ2v) is 4.90. The first kappa shape index (κ1) is 22.2. The number of benzene rings is 1. The Morgan fingerprint density at radius 2 is 1.79 bits per heavy atom. The maximum atomic E-state index is 12.3. The topological polar surface area (TPSA) is 81.4 Å². The Morgan fingerprint density at radius 1 is 1.17 bits per heavy atom. The van der Waals surface area contributed by atoms with E-state index in [0.29, 0.717) is 24.9 Å². The summed E-state index contributed by atoms with van der Waals surface area (Å²) in [6.07, 6.45) is -4.08. The number of carbonyl (C=O) groups is 2. The van der Waals surface area contributed by atoms with E-state index in [9.17, 15) is 22.8 Å². The molecule has 0 aliphatic rings. The van der Waals surface area contributed by atoms with Gasteiger partial charge in [-0.05, 0) is 31.4 Å². The number of unbranched alkanes of at least 4 members (excludes halogenated alkanes) is 1. The smallest absolute Gasteiger partial charge is 0.459 e. The van der Waals surface area contributed by atoms with Crippen LogP contribution >= 0.6 is 12.4 Å². The van der Waals surface area contributed by atoms with Gasteiger partial charge in [-0.25, -0.2) is 4.79 Å². The van der Waals surface area contributed by atoms with Gasteiger partial charge in [0, 0.05) is 0 Å². The minimum Gasteiger partial charge on any atom is -0.459 e. The Labute approximate surface area is 144 Å². The summed E-state index contributed by atoms with van der Waals surface area (Å²) in [7, 11) is 0. The number of amides is 1. The van der Waals surface area contributed by atoms with Crippen LogP contribution in [0.25, 0.3) is 0 Å². The van der Waals surface area contributed by atoms with Gasteiger partial charge in [0.25, 0.3) is 0 Å². The molecule has 0 aliphatic heterocycles. The van der Waals surface area contributed by atoms with Crippen molar-refractivity contribution < 1.29 is 27.5 Å². The van der Waals surface area contributed by atoms with Crippen LogP contribution < -0.4 is 11.1 Å². The SMILES string of the molecule is Cl.NCCCC[C@H](NC(=O)C(F)(F)F)C(=O)OCc1ccccc1. The number of nitrogens with one attached hydrogen (secondary N) is 1. The Bertz CT molecular complexity index is 512. The predicted octanol–water partition coefficient (Wildman–Crippen LogP) is 2.33. The van der Waals surface area contributed by atoms with Gasteiger partial charge in [-0.15, -0.1) is 12.4 Å². The van der Waals surface area contributed by atoms with Crippen molar-refractivity contribution >= 4 is 24.3 Å². The van der Waals surface area contributed by atoms with Crippen LogP contribution in [-0.4, -0.2) is 30.6 Å². The van der Waals surface area contributed by atoms with Gasteiger partial charge in [0.1, 0.15) is 12.6 Å². The fraction of sp³-hybridized carbons (Fsp3) is 0.467. The van der Waals surface area contributed by atoms with Gasteiger partial charge in [0.05, 0.1) is 0 Å². The third-order valence-corrected chi connectivity index (χ3v) is 3.02. The number of hydrogen-bond donors (Lipinski definition) is 2. The quantitative estimate of drug-likeness (QED) is 0.545. The molecule has 1 aromatic rings. The Balaban J connectivity index is 0.00000529. The average molecular weight is 369 g/mol. The van der Waals surface area contributed by atoms with E-state index in [1.807, 2.05) is 0 Å². The molecule has 0 aromatic heterocycles. The van der Waals surface area contributed by atoms with Crippen LogP contribution in [0, 0.1) is 0 Å².